The third-order valence-corrected chi connectivity index (χ3v) is 5.41. The van der Waals surface area contributed by atoms with Crippen molar-refractivity contribution in [3.63, 3.8) is 0 Å². The third kappa shape index (κ3) is 5.55. The zero-order valence-electron chi connectivity index (χ0n) is 16.7. The van der Waals surface area contributed by atoms with Crippen molar-refractivity contribution in [2.24, 2.45) is 0 Å². The number of hydrogen-bond donors (Lipinski definition) is 2. The van der Waals surface area contributed by atoms with Crippen LogP contribution in [0.3, 0.4) is 0 Å². The van der Waals surface area contributed by atoms with Gasteiger partial charge in [0.05, 0.1) is 39.2 Å². The molecule has 0 aliphatic rings. The Hall–Kier alpha value is -2.91. The van der Waals surface area contributed by atoms with Crippen molar-refractivity contribution >= 4 is 17.7 Å². The van der Waals surface area contributed by atoms with Crippen molar-refractivity contribution in [1.29, 1.82) is 0 Å². The Labute approximate surface area is 174 Å². The van der Waals surface area contributed by atoms with Gasteiger partial charge < -0.3 is 15.0 Å². The Balaban J connectivity index is 1.56. The van der Waals surface area contributed by atoms with Crippen LogP contribution in [0.4, 0.5) is 0 Å². The molecule has 0 fully saturated rings. The molecular weight excluding hydrogens is 388 g/mol. The lowest BCUT2D eigenvalue weighted by Gasteiger charge is -2.22. The van der Waals surface area contributed by atoms with Crippen LogP contribution < -0.4 is 15.0 Å². The molecule has 0 aliphatic carbocycles. The maximum absolute atomic E-state index is 12.4. The van der Waals surface area contributed by atoms with Gasteiger partial charge in [0.25, 0.3) is 0 Å². The predicted molar refractivity (Wildman–Crippen MR) is 111 cm³/mol. The largest absolute Gasteiger partial charge is 0.497 e. The van der Waals surface area contributed by atoms with E-state index in [1.165, 1.54) is 22.2 Å². The minimum Gasteiger partial charge on any atom is -0.497 e. The first-order valence-corrected chi connectivity index (χ1v) is 10.2. The summed E-state index contributed by atoms with van der Waals surface area (Å²) in [5, 5.41) is 15.4. The van der Waals surface area contributed by atoms with Gasteiger partial charge >= 0.3 is 0 Å². The van der Waals surface area contributed by atoms with Crippen molar-refractivity contribution < 1.29 is 14.4 Å². The lowest BCUT2D eigenvalue weighted by atomic mass is 10.1. The summed E-state index contributed by atoms with van der Waals surface area (Å²) in [6.07, 6.45) is 0. The topological polar surface area (TPSA) is 86.4 Å². The fourth-order valence-electron chi connectivity index (χ4n) is 2.89. The quantitative estimate of drug-likeness (QED) is 0.504. The number of benzene rings is 2. The summed E-state index contributed by atoms with van der Waals surface area (Å²) in [7, 11) is 5.79. The molecule has 8 nitrogen and oxygen atoms in total. The van der Waals surface area contributed by atoms with Crippen molar-refractivity contribution in [1.82, 2.24) is 25.5 Å². The fraction of sp³-hybridized carbons (Fsp3) is 0.300. The van der Waals surface area contributed by atoms with Gasteiger partial charge in [-0.05, 0) is 34.7 Å². The SMILES string of the molecule is COc1ccc(-n2nnnc2SCC(=O)NC[C@@H](c2ccccc2)[NH+](C)C)cc1. The second kappa shape index (κ2) is 10.0. The van der Waals surface area contributed by atoms with Crippen LogP contribution in [0.1, 0.15) is 11.6 Å². The highest BCUT2D eigenvalue weighted by Crippen LogP contribution is 2.20. The van der Waals surface area contributed by atoms with Gasteiger partial charge in [-0.15, -0.1) is 5.10 Å². The van der Waals surface area contributed by atoms with Crippen LogP contribution in [0.5, 0.6) is 5.75 Å². The van der Waals surface area contributed by atoms with E-state index in [0.29, 0.717) is 11.7 Å². The summed E-state index contributed by atoms with van der Waals surface area (Å²) in [5.41, 5.74) is 2.00. The zero-order chi connectivity index (χ0) is 20.6. The van der Waals surface area contributed by atoms with Gasteiger partial charge in [-0.2, -0.15) is 4.68 Å². The first kappa shape index (κ1) is 20.8. The second-order valence-corrected chi connectivity index (χ2v) is 7.65. The van der Waals surface area contributed by atoms with Crippen LogP contribution in [-0.2, 0) is 4.79 Å². The monoisotopic (exact) mass is 413 g/mol. The molecule has 0 aliphatic heterocycles. The van der Waals surface area contributed by atoms with Gasteiger partial charge in [0.2, 0.25) is 11.1 Å². The van der Waals surface area contributed by atoms with E-state index < -0.39 is 0 Å². The van der Waals surface area contributed by atoms with Crippen LogP contribution in [0.25, 0.3) is 5.69 Å². The molecule has 3 rings (SSSR count). The average Bonchev–Trinajstić information content (AvgIpc) is 3.21. The summed E-state index contributed by atoms with van der Waals surface area (Å²) in [5.74, 6) is 0.939. The van der Waals surface area contributed by atoms with Crippen LogP contribution >= 0.6 is 11.8 Å². The molecule has 1 amide bonds. The predicted octanol–water partition coefficient (Wildman–Crippen LogP) is 0.765. The number of ether oxygens (including phenoxy) is 1. The summed E-state index contributed by atoms with van der Waals surface area (Å²) in [4.78, 5) is 13.6. The van der Waals surface area contributed by atoms with E-state index in [1.54, 1.807) is 11.8 Å². The van der Waals surface area contributed by atoms with Crippen molar-refractivity contribution in [2.75, 3.05) is 33.5 Å². The molecule has 0 radical (unpaired) electrons. The summed E-state index contributed by atoms with van der Waals surface area (Å²) < 4.78 is 6.78. The summed E-state index contributed by atoms with van der Waals surface area (Å²) in [6.45, 7) is 0.565. The van der Waals surface area contributed by atoms with E-state index in [9.17, 15) is 4.79 Å². The molecule has 9 heteroatoms. The van der Waals surface area contributed by atoms with Crippen molar-refractivity contribution in [3.05, 3.63) is 60.2 Å². The molecule has 0 spiro atoms. The molecule has 1 atom stereocenters. The Morgan fingerprint density at radius 3 is 2.55 bits per heavy atom. The molecule has 152 valence electrons. The van der Waals surface area contributed by atoms with Gasteiger partial charge in [0.1, 0.15) is 11.8 Å². The number of nitrogens with one attached hydrogen (secondary N) is 2. The number of carbonyl (C=O) groups is 1. The maximum Gasteiger partial charge on any atom is 0.230 e. The first-order chi connectivity index (χ1) is 14.1. The number of quaternary nitrogens is 1. The Bertz CT molecular complexity index is 914. The smallest absolute Gasteiger partial charge is 0.230 e. The molecule has 2 N–H and O–H groups in total. The minimum absolute atomic E-state index is 0.0542. The maximum atomic E-state index is 12.4. The van der Waals surface area contributed by atoms with Gasteiger partial charge in [-0.3, -0.25) is 4.79 Å². The second-order valence-electron chi connectivity index (χ2n) is 6.70. The third-order valence-electron chi connectivity index (χ3n) is 4.49. The Morgan fingerprint density at radius 2 is 1.90 bits per heavy atom. The van der Waals surface area contributed by atoms with E-state index >= 15 is 0 Å². The summed E-state index contributed by atoms with van der Waals surface area (Å²) >= 11 is 1.30. The number of hydrogen-bond acceptors (Lipinski definition) is 6. The van der Waals surface area contributed by atoms with Crippen LogP contribution in [0, 0.1) is 0 Å². The number of carbonyl (C=O) groups excluding carboxylic acids is 1. The van der Waals surface area contributed by atoms with Gasteiger partial charge in [-0.25, -0.2) is 0 Å². The van der Waals surface area contributed by atoms with E-state index in [1.807, 2.05) is 42.5 Å². The fourth-order valence-corrected chi connectivity index (χ4v) is 3.61. The number of tetrazole rings is 1. The highest BCUT2D eigenvalue weighted by Gasteiger charge is 2.19. The average molecular weight is 414 g/mol. The minimum atomic E-state index is -0.0542. The Kier molecular flexibility index (Phi) is 7.20. The van der Waals surface area contributed by atoms with E-state index in [-0.39, 0.29) is 17.7 Å². The number of aromatic nitrogens is 4. The molecule has 29 heavy (non-hydrogen) atoms. The normalized spacial score (nSPS) is 12.0. The molecule has 0 unspecified atom stereocenters. The van der Waals surface area contributed by atoms with Gasteiger partial charge in [-0.1, -0.05) is 42.1 Å². The molecule has 0 saturated carbocycles. The lowest BCUT2D eigenvalue weighted by Crippen LogP contribution is -3.07. The lowest BCUT2D eigenvalue weighted by molar-refractivity contribution is -0.890. The van der Waals surface area contributed by atoms with E-state index in [0.717, 1.165) is 11.4 Å². The Morgan fingerprint density at radius 1 is 1.17 bits per heavy atom. The molecule has 3 aromatic rings. The molecule has 2 aromatic carbocycles. The number of likely N-dealkylation sites (N-methyl/N-ethyl adjacent to an activating group) is 1. The molecule has 0 bridgehead atoms. The summed E-state index contributed by atoms with van der Waals surface area (Å²) in [6, 6.07) is 17.8. The van der Waals surface area contributed by atoms with Crippen LogP contribution in [-0.4, -0.2) is 59.6 Å². The van der Waals surface area contributed by atoms with Crippen molar-refractivity contribution in [3.8, 4) is 11.4 Å². The molecule has 0 saturated heterocycles. The number of nitrogens with zero attached hydrogens (tertiary/aromatic N) is 4. The van der Waals surface area contributed by atoms with Gasteiger partial charge in [0.15, 0.2) is 0 Å². The number of amides is 1. The number of thioether (sulfide) groups is 1. The standard InChI is InChI=1S/C20H24N6O2S/c1-25(2)18(15-7-5-4-6-8-15)13-21-19(27)14-29-20-22-23-24-26(20)16-9-11-17(28-3)12-10-16/h4-12,18H,13-14H2,1-3H3,(H,21,27)/p+1/t18-/m0/s1. The first-order valence-electron chi connectivity index (χ1n) is 9.25. The van der Waals surface area contributed by atoms with Crippen LogP contribution in [0.2, 0.25) is 0 Å². The van der Waals surface area contributed by atoms with Crippen molar-refractivity contribution in [2.45, 2.75) is 11.2 Å². The zero-order valence-corrected chi connectivity index (χ0v) is 17.5. The molecule has 1 aromatic heterocycles. The highest BCUT2D eigenvalue weighted by atomic mass is 32.2. The van der Waals surface area contributed by atoms with E-state index in [2.05, 4.69) is 47.1 Å². The number of methoxy groups -OCH3 is 1. The molecular formula is C20H25N6O2S+. The highest BCUT2D eigenvalue weighted by molar-refractivity contribution is 7.99. The molecule has 1 heterocycles. The van der Waals surface area contributed by atoms with Crippen LogP contribution in [0.15, 0.2) is 59.8 Å². The van der Waals surface area contributed by atoms with E-state index in [4.69, 9.17) is 4.74 Å². The number of rotatable bonds is 9. The van der Waals surface area contributed by atoms with Gasteiger partial charge in [0, 0.05) is 5.56 Å².